The maximum atomic E-state index is 13.8. The van der Waals surface area contributed by atoms with Crippen molar-refractivity contribution in [2.24, 2.45) is 0 Å². The van der Waals surface area contributed by atoms with E-state index in [1.807, 2.05) is 17.0 Å². The summed E-state index contributed by atoms with van der Waals surface area (Å²) in [5.74, 6) is 1.38. The summed E-state index contributed by atoms with van der Waals surface area (Å²) in [5.41, 5.74) is 1.77. The first-order chi connectivity index (χ1) is 13.9. The molecule has 1 saturated carbocycles. The van der Waals surface area contributed by atoms with Crippen LogP contribution < -0.4 is 0 Å². The fourth-order valence-corrected chi connectivity index (χ4v) is 5.93. The number of aromatic nitrogens is 3. The van der Waals surface area contributed by atoms with Crippen molar-refractivity contribution in [2.45, 2.75) is 70.5 Å². The van der Waals surface area contributed by atoms with Crippen molar-refractivity contribution in [3.8, 4) is 5.82 Å². The molecule has 0 radical (unpaired) electrons. The van der Waals surface area contributed by atoms with Gasteiger partial charge in [-0.3, -0.25) is 4.79 Å². The van der Waals surface area contributed by atoms with Gasteiger partial charge in [0.1, 0.15) is 5.82 Å². The van der Waals surface area contributed by atoms with Crippen LogP contribution in [0.15, 0.2) is 42.0 Å². The molecule has 152 valence electrons. The van der Waals surface area contributed by atoms with Gasteiger partial charge in [0.05, 0.1) is 29.7 Å². The number of amides is 1. The highest BCUT2D eigenvalue weighted by Crippen LogP contribution is 2.46. The van der Waals surface area contributed by atoms with Gasteiger partial charge in [0.2, 0.25) is 5.91 Å². The molecule has 1 amide bonds. The smallest absolute Gasteiger partial charge is 0.234 e. The zero-order chi connectivity index (χ0) is 20.2. The van der Waals surface area contributed by atoms with Crippen LogP contribution in [0.4, 0.5) is 0 Å². The van der Waals surface area contributed by atoms with E-state index in [4.69, 9.17) is 5.10 Å². The van der Waals surface area contributed by atoms with E-state index >= 15 is 0 Å². The molecule has 1 aliphatic carbocycles. The van der Waals surface area contributed by atoms with Crippen LogP contribution in [0, 0.1) is 0 Å². The van der Waals surface area contributed by atoms with E-state index in [0.29, 0.717) is 13.1 Å². The van der Waals surface area contributed by atoms with Gasteiger partial charge in [-0.15, -0.1) is 11.3 Å². The highest BCUT2D eigenvalue weighted by molar-refractivity contribution is 7.10. The molecule has 29 heavy (non-hydrogen) atoms. The predicted octanol–water partition coefficient (Wildman–Crippen LogP) is 4.84. The van der Waals surface area contributed by atoms with Crippen LogP contribution in [0.1, 0.15) is 62.6 Å². The molecule has 2 aliphatic rings. The molecule has 5 rings (SSSR count). The first kappa shape index (κ1) is 18.7. The van der Waals surface area contributed by atoms with Crippen molar-refractivity contribution in [1.29, 1.82) is 0 Å². The molecular formula is C23H28N4OS. The summed E-state index contributed by atoms with van der Waals surface area (Å²) in [5, 5.41) is 7.06. The van der Waals surface area contributed by atoms with Crippen LogP contribution in [0.25, 0.3) is 5.82 Å². The molecule has 1 aliphatic heterocycles. The Morgan fingerprint density at radius 3 is 2.45 bits per heavy atom. The molecule has 3 aromatic rings. The van der Waals surface area contributed by atoms with Crippen molar-refractivity contribution in [3.63, 3.8) is 0 Å². The van der Waals surface area contributed by atoms with E-state index < -0.39 is 0 Å². The molecule has 0 saturated heterocycles. The van der Waals surface area contributed by atoms with Crippen LogP contribution in [0.3, 0.4) is 0 Å². The van der Waals surface area contributed by atoms with Gasteiger partial charge in [-0.1, -0.05) is 18.9 Å². The van der Waals surface area contributed by atoms with Gasteiger partial charge in [0, 0.05) is 22.8 Å². The second kappa shape index (κ2) is 6.59. The summed E-state index contributed by atoms with van der Waals surface area (Å²) in [7, 11) is 0. The molecular weight excluding hydrogens is 380 g/mol. The number of carbonyl (C=O) groups is 1. The second-order valence-corrected chi connectivity index (χ2v) is 10.3. The van der Waals surface area contributed by atoms with Gasteiger partial charge in [-0.05, 0) is 57.2 Å². The largest absolute Gasteiger partial charge is 0.331 e. The Bertz CT molecular complexity index is 1020. The van der Waals surface area contributed by atoms with Gasteiger partial charge in [-0.25, -0.2) is 4.68 Å². The van der Waals surface area contributed by atoms with E-state index in [0.717, 1.165) is 37.2 Å². The summed E-state index contributed by atoms with van der Waals surface area (Å²) >= 11 is 1.73. The highest BCUT2D eigenvalue weighted by Gasteiger charge is 2.47. The van der Waals surface area contributed by atoms with Crippen LogP contribution >= 0.6 is 11.3 Å². The number of fused-ring (bicyclic) bond motifs is 1. The molecule has 0 atom stereocenters. The summed E-state index contributed by atoms with van der Waals surface area (Å²) in [6.45, 7) is 7.78. The Kier molecular flexibility index (Phi) is 4.24. The van der Waals surface area contributed by atoms with Crippen LogP contribution in [-0.2, 0) is 28.8 Å². The minimum Gasteiger partial charge on any atom is -0.331 e. The summed E-state index contributed by atoms with van der Waals surface area (Å²) in [4.78, 5) is 17.1. The number of nitrogens with zero attached hydrogens (tertiary/aromatic N) is 4. The lowest BCUT2D eigenvalue weighted by Crippen LogP contribution is -2.43. The van der Waals surface area contributed by atoms with E-state index in [1.165, 1.54) is 10.4 Å². The standard InChI is InChI=1S/C23H28N4OS/c1-22(2,3)27-20(25-12-6-7-13-25)17-15-26(16-18(17)24-27)21(28)23(10-4-5-11-23)19-9-8-14-29-19/h6-9,12-14H,4-5,10-11,15-16H2,1-3H3. The molecule has 0 aromatic carbocycles. The van der Waals surface area contributed by atoms with Gasteiger partial charge < -0.3 is 9.47 Å². The first-order valence-corrected chi connectivity index (χ1v) is 11.4. The number of thiophene rings is 1. The molecule has 4 heterocycles. The van der Waals surface area contributed by atoms with E-state index in [1.54, 1.807) is 11.3 Å². The molecule has 0 spiro atoms. The maximum Gasteiger partial charge on any atom is 0.234 e. The van der Waals surface area contributed by atoms with E-state index in [-0.39, 0.29) is 16.9 Å². The normalized spacial score (nSPS) is 18.4. The fourth-order valence-electron chi connectivity index (χ4n) is 4.95. The Morgan fingerprint density at radius 1 is 1.10 bits per heavy atom. The van der Waals surface area contributed by atoms with Crippen LogP contribution in [-0.4, -0.2) is 25.2 Å². The number of hydrogen-bond acceptors (Lipinski definition) is 3. The zero-order valence-corrected chi connectivity index (χ0v) is 18.2. The topological polar surface area (TPSA) is 43.1 Å². The van der Waals surface area contributed by atoms with Gasteiger partial charge >= 0.3 is 0 Å². The Hall–Kier alpha value is -2.34. The average Bonchev–Trinajstić information content (AvgIpc) is 3.49. The third-order valence-electron chi connectivity index (χ3n) is 6.36. The third kappa shape index (κ3) is 2.88. The second-order valence-electron chi connectivity index (χ2n) is 9.35. The van der Waals surface area contributed by atoms with E-state index in [9.17, 15) is 4.79 Å². The lowest BCUT2D eigenvalue weighted by Gasteiger charge is -2.32. The van der Waals surface area contributed by atoms with E-state index in [2.05, 4.69) is 59.9 Å². The zero-order valence-electron chi connectivity index (χ0n) is 17.4. The quantitative estimate of drug-likeness (QED) is 0.622. The van der Waals surface area contributed by atoms with Crippen molar-refractivity contribution < 1.29 is 4.79 Å². The monoisotopic (exact) mass is 408 g/mol. The molecule has 0 unspecified atom stereocenters. The summed E-state index contributed by atoms with van der Waals surface area (Å²) in [6, 6.07) is 8.29. The molecule has 0 bridgehead atoms. The molecule has 6 heteroatoms. The van der Waals surface area contributed by atoms with Gasteiger partial charge in [-0.2, -0.15) is 5.10 Å². The van der Waals surface area contributed by atoms with Crippen molar-refractivity contribution >= 4 is 17.2 Å². The molecule has 0 N–H and O–H groups in total. The van der Waals surface area contributed by atoms with Crippen LogP contribution in [0.2, 0.25) is 0 Å². The minimum atomic E-state index is -0.328. The van der Waals surface area contributed by atoms with Crippen LogP contribution in [0.5, 0.6) is 0 Å². The Labute approximate surface area is 176 Å². The Morgan fingerprint density at radius 2 is 1.83 bits per heavy atom. The Balaban J connectivity index is 1.51. The number of rotatable bonds is 3. The van der Waals surface area contributed by atoms with Crippen molar-refractivity contribution in [2.75, 3.05) is 0 Å². The first-order valence-electron chi connectivity index (χ1n) is 10.5. The van der Waals surface area contributed by atoms with Gasteiger partial charge in [0.15, 0.2) is 0 Å². The van der Waals surface area contributed by atoms with Crippen molar-refractivity contribution in [3.05, 3.63) is 58.2 Å². The summed E-state index contributed by atoms with van der Waals surface area (Å²) < 4.78 is 4.25. The third-order valence-corrected chi connectivity index (χ3v) is 7.43. The number of hydrogen-bond donors (Lipinski definition) is 0. The highest BCUT2D eigenvalue weighted by atomic mass is 32.1. The lowest BCUT2D eigenvalue weighted by atomic mass is 9.83. The lowest BCUT2D eigenvalue weighted by molar-refractivity contribution is -0.138. The SMILES string of the molecule is CC(C)(C)n1nc2c(c1-n1cccc1)CN(C(=O)C1(c3cccs3)CCCC1)C2. The molecule has 1 fully saturated rings. The molecule has 3 aromatic heterocycles. The fraction of sp³-hybridized carbons (Fsp3) is 0.478. The average molecular weight is 409 g/mol. The maximum absolute atomic E-state index is 13.8. The minimum absolute atomic E-state index is 0.123. The predicted molar refractivity (Wildman–Crippen MR) is 115 cm³/mol. The molecule has 5 nitrogen and oxygen atoms in total. The van der Waals surface area contributed by atoms with Gasteiger partial charge in [0.25, 0.3) is 0 Å². The summed E-state index contributed by atoms with van der Waals surface area (Å²) in [6.07, 6.45) is 8.32. The number of carbonyl (C=O) groups excluding carboxylic acids is 1. The van der Waals surface area contributed by atoms with Crippen molar-refractivity contribution in [1.82, 2.24) is 19.2 Å².